The summed E-state index contributed by atoms with van der Waals surface area (Å²) in [5, 5.41) is 8.49. The first-order valence-electron chi connectivity index (χ1n) is 7.19. The highest BCUT2D eigenvalue weighted by molar-refractivity contribution is 6.29. The third-order valence-corrected chi connectivity index (χ3v) is 4.35. The van der Waals surface area contributed by atoms with Gasteiger partial charge in [-0.15, -0.1) is 10.2 Å². The van der Waals surface area contributed by atoms with Crippen molar-refractivity contribution in [1.82, 2.24) is 19.7 Å². The predicted octanol–water partition coefficient (Wildman–Crippen LogP) is 2.20. The van der Waals surface area contributed by atoms with E-state index in [1.807, 2.05) is 0 Å². The fourth-order valence-corrected chi connectivity index (χ4v) is 3.29. The molecule has 0 N–H and O–H groups in total. The Kier molecular flexibility index (Phi) is 3.92. The van der Waals surface area contributed by atoms with Crippen LogP contribution >= 0.6 is 11.6 Å². The Bertz CT molecular complexity index is 505. The van der Waals surface area contributed by atoms with Gasteiger partial charge in [-0.25, -0.2) is 4.39 Å². The van der Waals surface area contributed by atoms with Gasteiger partial charge in [-0.2, -0.15) is 0 Å². The number of amides is 1. The molecule has 1 aromatic heterocycles. The monoisotopic (exact) mass is 300 g/mol. The molecule has 0 aliphatic carbocycles. The third kappa shape index (κ3) is 2.41. The van der Waals surface area contributed by atoms with Gasteiger partial charge in [-0.3, -0.25) is 4.79 Å². The number of hydrogen-bond donors (Lipinski definition) is 0. The molecule has 1 aromatic rings. The van der Waals surface area contributed by atoms with E-state index >= 15 is 0 Å². The molecule has 0 saturated carbocycles. The number of aryl methyl sites for hydroxylation is 1. The standard InChI is InChI=1S/C13H18ClFN4O/c14-11(15)13(20)18-7-3-1-5-9(18)12-17-16-10-6-2-4-8-19(10)12/h9,11H,1-8H2. The van der Waals surface area contributed by atoms with Gasteiger partial charge in [0.25, 0.3) is 11.5 Å². The lowest BCUT2D eigenvalue weighted by Crippen LogP contribution is -2.42. The number of aromatic nitrogens is 3. The van der Waals surface area contributed by atoms with Crippen LogP contribution in [0.15, 0.2) is 0 Å². The summed E-state index contributed by atoms with van der Waals surface area (Å²) in [6.07, 6.45) is 5.84. The average Bonchev–Trinajstić information content (AvgIpc) is 2.90. The lowest BCUT2D eigenvalue weighted by Gasteiger charge is -2.35. The second-order valence-corrected chi connectivity index (χ2v) is 5.81. The fraction of sp³-hybridized carbons (Fsp3) is 0.769. The van der Waals surface area contributed by atoms with Crippen LogP contribution in [0.4, 0.5) is 4.39 Å². The van der Waals surface area contributed by atoms with Crippen LogP contribution in [0.5, 0.6) is 0 Å². The van der Waals surface area contributed by atoms with Crippen molar-refractivity contribution in [2.45, 2.75) is 56.7 Å². The first-order chi connectivity index (χ1) is 9.68. The number of piperidine rings is 1. The van der Waals surface area contributed by atoms with E-state index in [4.69, 9.17) is 11.6 Å². The number of likely N-dealkylation sites (tertiary alicyclic amines) is 1. The van der Waals surface area contributed by atoms with E-state index in [0.29, 0.717) is 6.54 Å². The van der Waals surface area contributed by atoms with Gasteiger partial charge in [0.15, 0.2) is 5.82 Å². The van der Waals surface area contributed by atoms with Crippen molar-refractivity contribution in [2.24, 2.45) is 0 Å². The lowest BCUT2D eigenvalue weighted by molar-refractivity contribution is -0.137. The van der Waals surface area contributed by atoms with Crippen molar-refractivity contribution in [3.8, 4) is 0 Å². The SMILES string of the molecule is O=C(C(F)Cl)N1CCCCC1c1nnc2n1CCCC2. The summed E-state index contributed by atoms with van der Waals surface area (Å²) in [6.45, 7) is 1.43. The zero-order valence-electron chi connectivity index (χ0n) is 11.3. The molecule has 0 radical (unpaired) electrons. The van der Waals surface area contributed by atoms with Crippen LogP contribution < -0.4 is 0 Å². The van der Waals surface area contributed by atoms with E-state index in [1.165, 1.54) is 4.90 Å². The first kappa shape index (κ1) is 13.8. The van der Waals surface area contributed by atoms with Gasteiger partial charge in [0.2, 0.25) is 0 Å². The Hall–Kier alpha value is -1.17. The summed E-state index contributed by atoms with van der Waals surface area (Å²) >= 11 is 5.33. The highest BCUT2D eigenvalue weighted by Gasteiger charge is 2.35. The molecule has 3 heterocycles. The molecule has 1 saturated heterocycles. The number of carbonyl (C=O) groups excluding carboxylic acids is 1. The molecule has 5 nitrogen and oxygen atoms in total. The highest BCUT2D eigenvalue weighted by atomic mass is 35.5. The Morgan fingerprint density at radius 2 is 2.05 bits per heavy atom. The van der Waals surface area contributed by atoms with E-state index in [0.717, 1.165) is 56.7 Å². The Balaban J connectivity index is 1.90. The minimum absolute atomic E-state index is 0.187. The Labute approximate surface area is 122 Å². The second-order valence-electron chi connectivity index (χ2n) is 5.43. The number of hydrogen-bond acceptors (Lipinski definition) is 3. The van der Waals surface area contributed by atoms with E-state index < -0.39 is 11.5 Å². The van der Waals surface area contributed by atoms with Crippen LogP contribution in [-0.2, 0) is 17.8 Å². The van der Waals surface area contributed by atoms with Crippen molar-refractivity contribution in [2.75, 3.05) is 6.54 Å². The second kappa shape index (κ2) is 5.68. The number of carbonyl (C=O) groups is 1. The van der Waals surface area contributed by atoms with Crippen LogP contribution in [0.1, 0.15) is 49.8 Å². The molecule has 0 aromatic carbocycles. The third-order valence-electron chi connectivity index (χ3n) is 4.16. The molecular formula is C13H18ClFN4O. The number of fused-ring (bicyclic) bond motifs is 1. The van der Waals surface area contributed by atoms with E-state index in [-0.39, 0.29) is 6.04 Å². The normalized spacial score (nSPS) is 24.3. The molecule has 2 aliphatic rings. The summed E-state index contributed by atoms with van der Waals surface area (Å²) in [7, 11) is 0. The molecule has 2 unspecified atom stereocenters. The number of alkyl halides is 2. The summed E-state index contributed by atoms with van der Waals surface area (Å²) < 4.78 is 15.3. The van der Waals surface area contributed by atoms with Crippen molar-refractivity contribution in [3.05, 3.63) is 11.6 Å². The highest BCUT2D eigenvalue weighted by Crippen LogP contribution is 2.32. The van der Waals surface area contributed by atoms with Crippen molar-refractivity contribution < 1.29 is 9.18 Å². The Morgan fingerprint density at radius 3 is 2.85 bits per heavy atom. The molecule has 0 bridgehead atoms. The van der Waals surface area contributed by atoms with E-state index in [2.05, 4.69) is 14.8 Å². The topological polar surface area (TPSA) is 51.0 Å². The predicted molar refractivity (Wildman–Crippen MR) is 72.0 cm³/mol. The number of nitrogens with zero attached hydrogens (tertiary/aromatic N) is 4. The van der Waals surface area contributed by atoms with E-state index in [1.54, 1.807) is 0 Å². The molecule has 0 spiro atoms. The van der Waals surface area contributed by atoms with Crippen molar-refractivity contribution in [3.63, 3.8) is 0 Å². The van der Waals surface area contributed by atoms with Gasteiger partial charge >= 0.3 is 0 Å². The molecule has 1 amide bonds. The van der Waals surface area contributed by atoms with Gasteiger partial charge in [-0.05, 0) is 32.1 Å². The quantitative estimate of drug-likeness (QED) is 0.787. The first-order valence-corrected chi connectivity index (χ1v) is 7.62. The fourth-order valence-electron chi connectivity index (χ4n) is 3.17. The smallest absolute Gasteiger partial charge is 0.273 e. The zero-order chi connectivity index (χ0) is 14.1. The maximum absolute atomic E-state index is 13.2. The molecule has 2 aliphatic heterocycles. The summed E-state index contributed by atoms with van der Waals surface area (Å²) in [5.41, 5.74) is -1.97. The van der Waals surface area contributed by atoms with Gasteiger partial charge in [0.05, 0.1) is 6.04 Å². The minimum Gasteiger partial charge on any atom is -0.329 e. The van der Waals surface area contributed by atoms with Gasteiger partial charge in [0.1, 0.15) is 5.82 Å². The molecular weight excluding hydrogens is 283 g/mol. The van der Waals surface area contributed by atoms with Crippen LogP contribution in [0, 0.1) is 0 Å². The Morgan fingerprint density at radius 1 is 1.25 bits per heavy atom. The maximum atomic E-state index is 13.2. The summed E-state index contributed by atoms with van der Waals surface area (Å²) in [5.74, 6) is 1.13. The molecule has 7 heteroatoms. The van der Waals surface area contributed by atoms with Crippen LogP contribution in [0.25, 0.3) is 0 Å². The molecule has 110 valence electrons. The average molecular weight is 301 g/mol. The van der Waals surface area contributed by atoms with Crippen LogP contribution in [0.2, 0.25) is 0 Å². The molecule has 2 atom stereocenters. The molecule has 1 fully saturated rings. The molecule has 3 rings (SSSR count). The van der Waals surface area contributed by atoms with Gasteiger partial charge < -0.3 is 9.47 Å². The van der Waals surface area contributed by atoms with Gasteiger partial charge in [-0.1, -0.05) is 11.6 Å². The molecule has 20 heavy (non-hydrogen) atoms. The van der Waals surface area contributed by atoms with Crippen molar-refractivity contribution >= 4 is 17.5 Å². The number of rotatable bonds is 2. The number of halogens is 2. The lowest BCUT2D eigenvalue weighted by atomic mass is 10.0. The van der Waals surface area contributed by atoms with Crippen LogP contribution in [0.3, 0.4) is 0 Å². The largest absolute Gasteiger partial charge is 0.329 e. The van der Waals surface area contributed by atoms with Crippen LogP contribution in [-0.4, -0.2) is 37.7 Å². The van der Waals surface area contributed by atoms with Gasteiger partial charge in [0, 0.05) is 19.5 Å². The zero-order valence-corrected chi connectivity index (χ0v) is 12.0. The summed E-state index contributed by atoms with van der Waals surface area (Å²) in [4.78, 5) is 13.5. The maximum Gasteiger partial charge on any atom is 0.273 e. The summed E-state index contributed by atoms with van der Waals surface area (Å²) in [6, 6.07) is -0.187. The van der Waals surface area contributed by atoms with E-state index in [9.17, 15) is 9.18 Å². The van der Waals surface area contributed by atoms with Crippen molar-refractivity contribution in [1.29, 1.82) is 0 Å². The minimum atomic E-state index is -1.97.